The van der Waals surface area contributed by atoms with E-state index in [1.807, 2.05) is 0 Å². The van der Waals surface area contributed by atoms with E-state index in [1.165, 1.54) is 21.0 Å². The molecular weight excluding hydrogens is 1130 g/mol. The highest BCUT2D eigenvalue weighted by Crippen LogP contribution is 2.64. The number of hydrogen-bond acceptors (Lipinski definition) is 8. The maximum atomic E-state index is 13.9. The molecule has 0 fully saturated rings. The molecule has 0 radical (unpaired) electrons. The van der Waals surface area contributed by atoms with Crippen LogP contribution in [0.1, 0.15) is 54.4 Å². The van der Waals surface area contributed by atoms with Crippen LogP contribution in [0.15, 0.2) is 24.3 Å². The van der Waals surface area contributed by atoms with Crippen molar-refractivity contribution in [2.75, 3.05) is 27.4 Å². The van der Waals surface area contributed by atoms with E-state index in [0.29, 0.717) is 12.5 Å². The van der Waals surface area contributed by atoms with Crippen molar-refractivity contribution in [3.63, 3.8) is 0 Å². The summed E-state index contributed by atoms with van der Waals surface area (Å²) in [4.78, 5) is 44.7. The molecule has 0 saturated carbocycles. The Balaban J connectivity index is -0.00000124. The van der Waals surface area contributed by atoms with E-state index in [-0.39, 0.29) is 12.4 Å². The highest BCUT2D eigenvalue weighted by molar-refractivity contribution is 5.87. The van der Waals surface area contributed by atoms with Gasteiger partial charge in [-0.25, -0.2) is 9.59 Å². The zero-order valence-electron chi connectivity index (χ0n) is 37.8. The van der Waals surface area contributed by atoms with E-state index in [9.17, 15) is 151 Å². The molecule has 0 aromatic heterocycles. The Morgan fingerprint density at radius 2 is 0.568 bits per heavy atom. The quantitative estimate of drug-likeness (QED) is 0.0484. The number of alkyl halides is 30. The van der Waals surface area contributed by atoms with E-state index in [4.69, 9.17) is 0 Å². The van der Waals surface area contributed by atoms with Gasteiger partial charge in [-0.2, -0.15) is 132 Å². The number of methoxy groups -OCH3 is 2. The van der Waals surface area contributed by atoms with E-state index in [0.717, 1.165) is 21.0 Å². The van der Waals surface area contributed by atoms with Crippen molar-refractivity contribution in [3.05, 3.63) is 24.3 Å². The number of ether oxygens (including phenoxy) is 4. The zero-order valence-corrected chi connectivity index (χ0v) is 37.8. The first-order valence-electron chi connectivity index (χ1n) is 18.3. The Hall–Kier alpha value is -4.74. The second-order valence-corrected chi connectivity index (χ2v) is 16.1. The van der Waals surface area contributed by atoms with Crippen LogP contribution in [0.4, 0.5) is 132 Å². The second-order valence-electron chi connectivity index (χ2n) is 16.1. The summed E-state index contributed by atoms with van der Waals surface area (Å²) in [7, 11) is 2.32. The molecule has 0 bridgehead atoms. The van der Waals surface area contributed by atoms with Gasteiger partial charge in [0.25, 0.3) is 0 Å². The van der Waals surface area contributed by atoms with Gasteiger partial charge in [0, 0.05) is 11.1 Å². The molecule has 0 atom stereocenters. The van der Waals surface area contributed by atoms with Crippen LogP contribution < -0.4 is 0 Å². The molecule has 438 valence electrons. The van der Waals surface area contributed by atoms with Crippen molar-refractivity contribution in [1.29, 1.82) is 0 Å². The number of esters is 4. The van der Waals surface area contributed by atoms with Crippen molar-refractivity contribution in [1.82, 2.24) is 0 Å². The summed E-state index contributed by atoms with van der Waals surface area (Å²) < 4.78 is 406. The number of carbonyl (C=O) groups excluding carboxylic acids is 4. The van der Waals surface area contributed by atoms with Crippen molar-refractivity contribution in [2.24, 2.45) is 10.8 Å². The van der Waals surface area contributed by atoms with E-state index in [1.54, 1.807) is 6.92 Å². The molecule has 0 aromatic carbocycles. The van der Waals surface area contributed by atoms with Gasteiger partial charge in [0.15, 0.2) is 13.2 Å². The average Bonchev–Trinajstić information content (AvgIpc) is 3.22. The van der Waals surface area contributed by atoms with Gasteiger partial charge in [-0.3, -0.25) is 9.59 Å². The van der Waals surface area contributed by atoms with Crippen LogP contribution in [-0.2, 0) is 38.1 Å². The lowest BCUT2D eigenvalue weighted by Gasteiger charge is -2.41. The SMILES string of the molecule is C=C(C)C(=O)OC.C=C(C)C(=O)OCC(F)(F)C(F)(F)C(F)(F)C(F)(F)C(F)(F)C(F)(F)C(F)(F)F.COC(=O)C(C)(C)CCC(C)(C)C(=O)OCC(F)(F)C(F)(F)C(F)(F)C(F)(F)C(F)(F)C(F)(F)C(F)(F)F. The van der Waals surface area contributed by atoms with Crippen molar-refractivity contribution in [2.45, 2.75) is 138 Å². The topological polar surface area (TPSA) is 105 Å². The molecule has 0 aliphatic carbocycles. The van der Waals surface area contributed by atoms with Crippen LogP contribution in [0, 0.1) is 10.8 Å². The van der Waals surface area contributed by atoms with Crippen molar-refractivity contribution in [3.8, 4) is 0 Å². The monoisotopic (exact) mass is 1170 g/mol. The lowest BCUT2D eigenvalue weighted by molar-refractivity contribution is -0.453. The molecule has 0 saturated heterocycles. The van der Waals surface area contributed by atoms with Gasteiger partial charge in [-0.15, -0.1) is 0 Å². The van der Waals surface area contributed by atoms with Gasteiger partial charge in [-0.05, 0) is 54.4 Å². The molecular formula is C36H36F30O8. The Morgan fingerprint density at radius 3 is 0.784 bits per heavy atom. The van der Waals surface area contributed by atoms with Crippen LogP contribution in [0.5, 0.6) is 0 Å². The fraction of sp³-hybridized carbons (Fsp3) is 0.778. The number of halogens is 30. The largest absolute Gasteiger partial charge is 0.469 e. The van der Waals surface area contributed by atoms with Crippen molar-refractivity contribution >= 4 is 23.9 Å². The van der Waals surface area contributed by atoms with E-state index >= 15 is 0 Å². The minimum Gasteiger partial charge on any atom is -0.469 e. The molecule has 0 amide bonds. The van der Waals surface area contributed by atoms with Gasteiger partial charge in [0.1, 0.15) is 0 Å². The molecule has 38 heteroatoms. The summed E-state index contributed by atoms with van der Waals surface area (Å²) >= 11 is 0. The molecule has 0 aliphatic rings. The van der Waals surface area contributed by atoms with E-state index in [2.05, 4.69) is 32.1 Å². The lowest BCUT2D eigenvalue weighted by Crippen LogP contribution is -2.73. The van der Waals surface area contributed by atoms with Crippen LogP contribution >= 0.6 is 0 Å². The van der Waals surface area contributed by atoms with Crippen LogP contribution in [0.25, 0.3) is 0 Å². The van der Waals surface area contributed by atoms with E-state index < -0.39 is 137 Å². The Labute approximate surface area is 394 Å². The fourth-order valence-electron chi connectivity index (χ4n) is 4.09. The molecule has 8 nitrogen and oxygen atoms in total. The molecule has 0 aliphatic heterocycles. The lowest BCUT2D eigenvalue weighted by atomic mass is 9.79. The molecule has 0 N–H and O–H groups in total. The highest BCUT2D eigenvalue weighted by Gasteiger charge is 2.95. The maximum absolute atomic E-state index is 13.9. The third kappa shape index (κ3) is 13.8. The Kier molecular flexibility index (Phi) is 22.3. The molecule has 0 unspecified atom stereocenters. The van der Waals surface area contributed by atoms with Crippen LogP contribution in [-0.4, -0.2) is 135 Å². The molecule has 74 heavy (non-hydrogen) atoms. The average molecular weight is 1170 g/mol. The Morgan fingerprint density at radius 1 is 0.338 bits per heavy atom. The summed E-state index contributed by atoms with van der Waals surface area (Å²) in [6.07, 6.45) is -16.0. The van der Waals surface area contributed by atoms with Gasteiger partial charge >= 0.3 is 107 Å². The van der Waals surface area contributed by atoms with Crippen LogP contribution in [0.3, 0.4) is 0 Å². The second kappa shape index (κ2) is 22.5. The first-order valence-corrected chi connectivity index (χ1v) is 18.3. The summed E-state index contributed by atoms with van der Waals surface area (Å²) in [5.41, 5.74) is -3.63. The number of carbonyl (C=O) groups is 4. The number of hydrogen-bond donors (Lipinski definition) is 0. The van der Waals surface area contributed by atoms with Gasteiger partial charge in [-0.1, -0.05) is 13.2 Å². The molecule has 0 aromatic rings. The summed E-state index contributed by atoms with van der Waals surface area (Å²) in [6, 6.07) is 0. The molecule has 0 spiro atoms. The van der Waals surface area contributed by atoms with Crippen LogP contribution in [0.2, 0.25) is 0 Å². The van der Waals surface area contributed by atoms with Gasteiger partial charge in [0.2, 0.25) is 0 Å². The highest BCUT2D eigenvalue weighted by atomic mass is 19.4. The summed E-state index contributed by atoms with van der Waals surface area (Å²) in [6.45, 7) is 6.45. The third-order valence-electron chi connectivity index (χ3n) is 9.10. The predicted molar refractivity (Wildman–Crippen MR) is 184 cm³/mol. The first-order chi connectivity index (χ1) is 31.8. The third-order valence-corrected chi connectivity index (χ3v) is 9.10. The smallest absolute Gasteiger partial charge is 0.460 e. The first kappa shape index (κ1) is 73.5. The Bertz CT molecular complexity index is 2000. The number of rotatable bonds is 21. The minimum absolute atomic E-state index is 0.249. The predicted octanol–water partition coefficient (Wildman–Crippen LogP) is 13.1. The maximum Gasteiger partial charge on any atom is 0.460 e. The van der Waals surface area contributed by atoms with Crippen molar-refractivity contribution < 1.29 is 170 Å². The van der Waals surface area contributed by atoms with Gasteiger partial charge in [0.05, 0.1) is 25.0 Å². The molecule has 0 rings (SSSR count). The summed E-state index contributed by atoms with van der Waals surface area (Å²) in [5, 5.41) is 0. The van der Waals surface area contributed by atoms with Gasteiger partial charge < -0.3 is 18.9 Å². The molecule has 0 heterocycles. The zero-order chi connectivity index (χ0) is 61.1. The summed E-state index contributed by atoms with van der Waals surface area (Å²) in [5.74, 6) is -99.8. The standard InChI is InChI=1S/C19H21F15O4.C12H7F15O2.C5H8O2/c1-11(2,9(35)37-5)6-7-12(3,4)10(36)38-8-13(20,21)14(22,23)15(24,25)16(26,27)17(28,29)18(30,31)19(32,33)34;1-4(2)5(28)29-3-6(13,14)7(15,16)8(17,18)9(19,20)10(21,22)11(23,24)12(25,26)27;1-4(2)5(6)7-3/h6-8H2,1-5H3;1,3H2,2H3;1H2,2-3H3. The fourth-order valence-corrected chi connectivity index (χ4v) is 4.09. The normalized spacial score (nSPS) is 14.6. The minimum atomic E-state index is -8.42.